The number of nitrogens with zero attached hydrogens (tertiary/aromatic N) is 2. The molecule has 0 unspecified atom stereocenters. The van der Waals surface area contributed by atoms with E-state index in [1.54, 1.807) is 12.1 Å². The number of aromatic nitrogens is 1. The highest BCUT2D eigenvalue weighted by molar-refractivity contribution is 6.09. The summed E-state index contributed by atoms with van der Waals surface area (Å²) in [7, 11) is 2.14. The van der Waals surface area contributed by atoms with Crippen molar-refractivity contribution in [2.24, 2.45) is 5.92 Å². The fourth-order valence-electron chi connectivity index (χ4n) is 4.37. The molecule has 0 saturated carbocycles. The van der Waals surface area contributed by atoms with Gasteiger partial charge in [-0.2, -0.15) is 0 Å². The summed E-state index contributed by atoms with van der Waals surface area (Å²) in [5.74, 6) is 0.426. The van der Waals surface area contributed by atoms with Crippen molar-refractivity contribution in [1.29, 1.82) is 0 Å². The maximum atomic E-state index is 13.1. The average molecular weight is 415 g/mol. The summed E-state index contributed by atoms with van der Waals surface area (Å²) in [5.41, 5.74) is 1.25. The summed E-state index contributed by atoms with van der Waals surface area (Å²) in [5, 5.41) is 5.13. The summed E-state index contributed by atoms with van der Waals surface area (Å²) >= 11 is 0. The van der Waals surface area contributed by atoms with Gasteiger partial charge in [0.1, 0.15) is 5.58 Å². The molecule has 31 heavy (non-hydrogen) atoms. The van der Waals surface area contributed by atoms with Crippen LogP contribution in [0, 0.1) is 5.92 Å². The van der Waals surface area contributed by atoms with Gasteiger partial charge in [-0.3, -0.25) is 9.59 Å². The van der Waals surface area contributed by atoms with Gasteiger partial charge in [0, 0.05) is 34.6 Å². The molecule has 0 atom stereocenters. The van der Waals surface area contributed by atoms with Gasteiger partial charge in [0.25, 0.3) is 11.5 Å². The molecule has 3 heterocycles. The second-order valence-corrected chi connectivity index (χ2v) is 8.39. The van der Waals surface area contributed by atoms with Gasteiger partial charge in [0.2, 0.25) is 0 Å². The van der Waals surface area contributed by atoms with Crippen molar-refractivity contribution in [2.45, 2.75) is 19.4 Å². The van der Waals surface area contributed by atoms with Gasteiger partial charge in [-0.1, -0.05) is 24.3 Å². The molecule has 2 aromatic carbocycles. The molecule has 6 nitrogen and oxygen atoms in total. The average Bonchev–Trinajstić information content (AvgIpc) is 3.22. The Hall–Kier alpha value is -3.38. The lowest BCUT2D eigenvalue weighted by atomic mass is 9.97. The number of anilines is 1. The smallest absolute Gasteiger partial charge is 0.291 e. The molecule has 1 aliphatic rings. The zero-order valence-electron chi connectivity index (χ0n) is 17.5. The van der Waals surface area contributed by atoms with E-state index in [2.05, 4.69) is 17.3 Å². The fraction of sp³-hybridized carbons (Fsp3) is 0.280. The zero-order valence-corrected chi connectivity index (χ0v) is 17.5. The predicted octanol–water partition coefficient (Wildman–Crippen LogP) is 4.34. The highest BCUT2D eigenvalue weighted by atomic mass is 16.3. The lowest BCUT2D eigenvalue weighted by Crippen LogP contribution is -2.33. The van der Waals surface area contributed by atoms with Crippen molar-refractivity contribution in [1.82, 2.24) is 9.47 Å². The Morgan fingerprint density at radius 1 is 1.06 bits per heavy atom. The first-order valence-electron chi connectivity index (χ1n) is 10.7. The van der Waals surface area contributed by atoms with Crippen LogP contribution in [-0.4, -0.2) is 35.5 Å². The van der Waals surface area contributed by atoms with Crippen LogP contribution >= 0.6 is 0 Å². The van der Waals surface area contributed by atoms with E-state index in [1.807, 2.05) is 53.2 Å². The van der Waals surface area contributed by atoms with E-state index in [0.717, 1.165) is 43.2 Å². The van der Waals surface area contributed by atoms with Crippen LogP contribution in [0.1, 0.15) is 23.4 Å². The zero-order chi connectivity index (χ0) is 21.4. The lowest BCUT2D eigenvalue weighted by Gasteiger charge is -2.29. The molecule has 1 fully saturated rings. The number of likely N-dealkylation sites (tertiary alicyclic amines) is 1. The molecule has 4 aromatic rings. The Kier molecular flexibility index (Phi) is 5.08. The van der Waals surface area contributed by atoms with Crippen LogP contribution in [0.2, 0.25) is 0 Å². The molecule has 0 radical (unpaired) electrons. The summed E-state index contributed by atoms with van der Waals surface area (Å²) < 4.78 is 7.48. The number of fused-ring (bicyclic) bond motifs is 2. The van der Waals surface area contributed by atoms with Crippen LogP contribution in [0.3, 0.4) is 0 Å². The van der Waals surface area contributed by atoms with Gasteiger partial charge < -0.3 is 19.2 Å². The summed E-state index contributed by atoms with van der Waals surface area (Å²) in [4.78, 5) is 28.2. The maximum absolute atomic E-state index is 13.1. The third-order valence-electron chi connectivity index (χ3n) is 6.21. The monoisotopic (exact) mass is 415 g/mol. The summed E-state index contributed by atoms with van der Waals surface area (Å²) in [6.45, 7) is 2.88. The van der Waals surface area contributed by atoms with E-state index in [-0.39, 0.29) is 17.2 Å². The minimum absolute atomic E-state index is 0.0173. The van der Waals surface area contributed by atoms with Gasteiger partial charge >= 0.3 is 0 Å². The van der Waals surface area contributed by atoms with Crippen molar-refractivity contribution in [3.63, 3.8) is 0 Å². The minimum Gasteiger partial charge on any atom is -0.451 e. The first-order valence-corrected chi connectivity index (χ1v) is 10.7. The van der Waals surface area contributed by atoms with E-state index in [0.29, 0.717) is 22.6 Å². The first kappa shape index (κ1) is 19.6. The van der Waals surface area contributed by atoms with E-state index >= 15 is 0 Å². The quantitative estimate of drug-likeness (QED) is 0.538. The normalized spacial score (nSPS) is 15.5. The number of piperidine rings is 1. The number of carbonyl (C=O) groups is 1. The third kappa shape index (κ3) is 3.86. The Morgan fingerprint density at radius 2 is 1.87 bits per heavy atom. The Labute approximate surface area is 180 Å². The third-order valence-corrected chi connectivity index (χ3v) is 6.21. The van der Waals surface area contributed by atoms with Gasteiger partial charge in [-0.05, 0) is 69.2 Å². The Balaban J connectivity index is 1.41. The van der Waals surface area contributed by atoms with Crippen LogP contribution in [0.15, 0.2) is 70.0 Å². The number of hydrogen-bond donors (Lipinski definition) is 1. The van der Waals surface area contributed by atoms with E-state index in [1.165, 1.54) is 0 Å². The number of rotatable bonds is 4. The Morgan fingerprint density at radius 3 is 2.68 bits per heavy atom. The van der Waals surface area contributed by atoms with Crippen LogP contribution in [0.4, 0.5) is 5.69 Å². The highest BCUT2D eigenvalue weighted by Crippen LogP contribution is 2.24. The number of pyridine rings is 1. The molecule has 1 N–H and O–H groups in total. The molecule has 0 aliphatic carbocycles. The van der Waals surface area contributed by atoms with Crippen molar-refractivity contribution in [3.05, 3.63) is 76.9 Å². The number of para-hydroxylation sites is 1. The van der Waals surface area contributed by atoms with Gasteiger partial charge in [-0.25, -0.2) is 0 Å². The van der Waals surface area contributed by atoms with Crippen LogP contribution < -0.4 is 10.9 Å². The molecule has 0 spiro atoms. The topological polar surface area (TPSA) is 67.5 Å². The van der Waals surface area contributed by atoms with Crippen LogP contribution in [-0.2, 0) is 6.54 Å². The van der Waals surface area contributed by atoms with E-state index in [4.69, 9.17) is 4.42 Å². The number of carbonyl (C=O) groups excluding carboxylic acids is 1. The number of benzene rings is 2. The molecule has 1 aliphatic heterocycles. The number of nitrogens with one attached hydrogen (secondary N) is 1. The highest BCUT2D eigenvalue weighted by Gasteiger charge is 2.19. The second-order valence-electron chi connectivity index (χ2n) is 8.39. The molecule has 1 saturated heterocycles. The Bertz CT molecular complexity index is 1280. The molecule has 158 valence electrons. The van der Waals surface area contributed by atoms with Crippen molar-refractivity contribution in [2.75, 3.05) is 25.5 Å². The summed E-state index contributed by atoms with van der Waals surface area (Å²) in [6.07, 6.45) is 4.06. The molecular formula is C25H25N3O3. The second kappa shape index (κ2) is 8.04. The summed E-state index contributed by atoms with van der Waals surface area (Å²) in [6, 6.07) is 16.6. The van der Waals surface area contributed by atoms with E-state index < -0.39 is 0 Å². The number of hydrogen-bond acceptors (Lipinski definition) is 4. The molecule has 1 amide bonds. The minimum atomic E-state index is -0.334. The lowest BCUT2D eigenvalue weighted by molar-refractivity contribution is 0.0999. The largest absolute Gasteiger partial charge is 0.451 e. The molecule has 6 heteroatoms. The van der Waals surface area contributed by atoms with Gasteiger partial charge in [0.05, 0.1) is 0 Å². The molecular weight excluding hydrogens is 390 g/mol. The predicted molar refractivity (Wildman–Crippen MR) is 123 cm³/mol. The van der Waals surface area contributed by atoms with Crippen molar-refractivity contribution in [3.8, 4) is 0 Å². The standard InChI is InChI=1S/C25H25N3O3/c1-27-12-9-17(10-13-27)16-28-14-11-19-20(25(28)30)6-4-7-21(19)26-24(29)23-15-18-5-2-3-8-22(18)31-23/h2-8,11,14-15,17H,9-10,12-13,16H2,1H3,(H,26,29). The molecule has 5 rings (SSSR count). The van der Waals surface area contributed by atoms with Crippen molar-refractivity contribution < 1.29 is 9.21 Å². The SMILES string of the molecule is CN1CCC(Cn2ccc3c(NC(=O)c4cc5ccccc5o4)cccc3c2=O)CC1. The molecule has 2 aromatic heterocycles. The molecule has 0 bridgehead atoms. The van der Waals surface area contributed by atoms with E-state index in [9.17, 15) is 9.59 Å². The van der Waals surface area contributed by atoms with Crippen LogP contribution in [0.25, 0.3) is 21.7 Å². The van der Waals surface area contributed by atoms with Gasteiger partial charge in [-0.15, -0.1) is 0 Å². The van der Waals surface area contributed by atoms with Crippen molar-refractivity contribution >= 4 is 33.3 Å². The maximum Gasteiger partial charge on any atom is 0.291 e. The van der Waals surface area contributed by atoms with Crippen LogP contribution in [0.5, 0.6) is 0 Å². The number of furan rings is 1. The fourth-order valence-corrected chi connectivity index (χ4v) is 4.37. The first-order chi connectivity index (χ1) is 15.1. The van der Waals surface area contributed by atoms with Gasteiger partial charge in [0.15, 0.2) is 5.76 Å². The number of amides is 1.